The largest absolute Gasteiger partial charge is 0.505 e. The summed E-state index contributed by atoms with van der Waals surface area (Å²) in [6.07, 6.45) is 0. The third kappa shape index (κ3) is 2.71. The molecule has 0 aliphatic carbocycles. The molecule has 7 nitrogen and oxygen atoms in total. The second-order valence-electron chi connectivity index (χ2n) is 7.11. The molecule has 0 amide bonds. The van der Waals surface area contributed by atoms with Gasteiger partial charge >= 0.3 is 0 Å². The quantitative estimate of drug-likeness (QED) is 0.494. The van der Waals surface area contributed by atoms with Crippen molar-refractivity contribution in [3.8, 4) is 17.1 Å². The maximum atomic E-state index is 12.8. The lowest BCUT2D eigenvalue weighted by Gasteiger charge is -2.34. The number of fused-ring (bicyclic) bond motifs is 2. The molecule has 2 N–H and O–H groups in total. The van der Waals surface area contributed by atoms with Gasteiger partial charge in [-0.3, -0.25) is 9.13 Å². The molecule has 9 heteroatoms. The fourth-order valence-electron chi connectivity index (χ4n) is 3.70. The number of benzene rings is 1. The van der Waals surface area contributed by atoms with Crippen molar-refractivity contribution in [1.82, 2.24) is 19.2 Å². The number of hydrogen-bond acceptors (Lipinski definition) is 6. The minimum absolute atomic E-state index is 0.0213. The topological polar surface area (TPSA) is 77.4 Å². The first-order chi connectivity index (χ1) is 13.5. The summed E-state index contributed by atoms with van der Waals surface area (Å²) in [6.45, 7) is 4.04. The number of imidazole rings is 1. The van der Waals surface area contributed by atoms with Gasteiger partial charge in [-0.05, 0) is 46.1 Å². The molecule has 28 heavy (non-hydrogen) atoms. The molecule has 1 aliphatic rings. The van der Waals surface area contributed by atoms with Crippen LogP contribution in [0.4, 0.5) is 5.69 Å². The number of rotatable bonds is 2. The van der Waals surface area contributed by atoms with E-state index in [4.69, 9.17) is 0 Å². The van der Waals surface area contributed by atoms with Crippen LogP contribution in [0.1, 0.15) is 0 Å². The molecule has 1 atom stereocenters. The van der Waals surface area contributed by atoms with Crippen LogP contribution in [0.3, 0.4) is 0 Å². The van der Waals surface area contributed by atoms with Crippen molar-refractivity contribution in [2.45, 2.75) is 0 Å². The van der Waals surface area contributed by atoms with Crippen LogP contribution in [0.5, 0.6) is 5.75 Å². The fourth-order valence-corrected chi connectivity index (χ4v) is 4.98. The first kappa shape index (κ1) is 17.7. The second kappa shape index (κ2) is 6.58. The molecular formula is C19H20N5O2PS. The Balaban J connectivity index is 1.61. The average molecular weight is 413 g/mol. The van der Waals surface area contributed by atoms with E-state index >= 15 is 0 Å². The van der Waals surface area contributed by atoms with Gasteiger partial charge < -0.3 is 19.9 Å². The summed E-state index contributed by atoms with van der Waals surface area (Å²) < 4.78 is 2.15. The molecule has 5 rings (SSSR count). The van der Waals surface area contributed by atoms with Gasteiger partial charge in [-0.15, -0.1) is 11.3 Å². The summed E-state index contributed by atoms with van der Waals surface area (Å²) in [4.78, 5) is 25.3. The van der Waals surface area contributed by atoms with Crippen LogP contribution in [0, 0.1) is 0 Å². The van der Waals surface area contributed by atoms with Crippen molar-refractivity contribution in [2.75, 3.05) is 38.1 Å². The maximum Gasteiger partial charge on any atom is 0.268 e. The molecule has 0 bridgehead atoms. The third-order valence-electron chi connectivity index (χ3n) is 5.36. The van der Waals surface area contributed by atoms with Crippen LogP contribution in [0.25, 0.3) is 32.6 Å². The molecule has 144 valence electrons. The van der Waals surface area contributed by atoms with Gasteiger partial charge in [0.1, 0.15) is 11.4 Å². The first-order valence-electron chi connectivity index (χ1n) is 9.07. The van der Waals surface area contributed by atoms with E-state index in [9.17, 15) is 9.90 Å². The summed E-state index contributed by atoms with van der Waals surface area (Å²) >= 11 is 1.40. The summed E-state index contributed by atoms with van der Waals surface area (Å²) in [6, 6.07) is 7.91. The van der Waals surface area contributed by atoms with Gasteiger partial charge in [0.05, 0.1) is 21.3 Å². The molecular weight excluding hydrogens is 393 g/mol. The number of nitrogens with one attached hydrogen (secondary N) is 1. The molecule has 4 aromatic rings. The van der Waals surface area contributed by atoms with Crippen LogP contribution in [0.15, 0.2) is 34.4 Å². The number of aromatic nitrogens is 3. The predicted octanol–water partition coefficient (Wildman–Crippen LogP) is 2.70. The van der Waals surface area contributed by atoms with Gasteiger partial charge in [-0.2, -0.15) is 0 Å². The molecule has 1 unspecified atom stereocenters. The number of piperazine rings is 1. The number of aromatic hydroxyl groups is 1. The SMILES string of the molecule is CN1CCN(c2ccc3nc(-c4c(O)c5sccc5n(P)c4=O)[nH]c3c2)CC1. The lowest BCUT2D eigenvalue weighted by molar-refractivity contribution is 0.313. The number of hydrogen-bond donors (Lipinski definition) is 2. The molecule has 0 radical (unpaired) electrons. The van der Waals surface area contributed by atoms with Crippen molar-refractivity contribution in [1.29, 1.82) is 0 Å². The molecule has 1 aromatic carbocycles. The van der Waals surface area contributed by atoms with Gasteiger partial charge in [-0.25, -0.2) is 4.98 Å². The Morgan fingerprint density at radius 1 is 1.21 bits per heavy atom. The average Bonchev–Trinajstić information content (AvgIpc) is 3.33. The lowest BCUT2D eigenvalue weighted by atomic mass is 10.2. The summed E-state index contributed by atoms with van der Waals surface area (Å²) in [7, 11) is 4.56. The Hall–Kier alpha value is -2.41. The molecule has 3 aromatic heterocycles. The van der Waals surface area contributed by atoms with E-state index in [1.165, 1.54) is 15.7 Å². The predicted molar refractivity (Wildman–Crippen MR) is 118 cm³/mol. The standard InChI is InChI=1S/C19H20N5O2PS/c1-22-5-7-23(8-6-22)11-2-3-12-13(10-11)21-18(20-12)15-16(25)17-14(4-9-28-17)24(27)19(15)26/h2-4,9-10,25H,5-8,27H2,1H3,(H,20,21). The highest BCUT2D eigenvalue weighted by Gasteiger charge is 2.21. The number of pyridine rings is 1. The van der Waals surface area contributed by atoms with Crippen LogP contribution >= 0.6 is 20.7 Å². The maximum absolute atomic E-state index is 12.8. The Bertz CT molecular complexity index is 1250. The van der Waals surface area contributed by atoms with Crippen molar-refractivity contribution in [3.63, 3.8) is 0 Å². The highest BCUT2D eigenvalue weighted by Crippen LogP contribution is 2.36. The number of aromatic amines is 1. The Morgan fingerprint density at radius 3 is 2.79 bits per heavy atom. The van der Waals surface area contributed by atoms with Gasteiger partial charge in [-0.1, -0.05) is 0 Å². The van der Waals surface area contributed by atoms with Crippen molar-refractivity contribution in [2.24, 2.45) is 0 Å². The van der Waals surface area contributed by atoms with E-state index in [0.29, 0.717) is 16.0 Å². The first-order valence-corrected chi connectivity index (χ1v) is 10.5. The number of H-pyrrole nitrogens is 1. The molecule has 4 heterocycles. The fraction of sp³-hybridized carbons (Fsp3) is 0.263. The van der Waals surface area contributed by atoms with E-state index < -0.39 is 0 Å². The van der Waals surface area contributed by atoms with Gasteiger partial charge in [0.15, 0.2) is 5.75 Å². The lowest BCUT2D eigenvalue weighted by Crippen LogP contribution is -2.44. The van der Waals surface area contributed by atoms with E-state index in [1.807, 2.05) is 17.5 Å². The monoisotopic (exact) mass is 413 g/mol. The Kier molecular flexibility index (Phi) is 4.16. The summed E-state index contributed by atoms with van der Waals surface area (Å²) in [5.74, 6) is 0.367. The van der Waals surface area contributed by atoms with Gasteiger partial charge in [0.25, 0.3) is 5.56 Å². The highest BCUT2D eigenvalue weighted by molar-refractivity contribution is 7.18. The Labute approximate surface area is 167 Å². The minimum Gasteiger partial charge on any atom is -0.505 e. The van der Waals surface area contributed by atoms with E-state index in [1.54, 1.807) is 0 Å². The zero-order valence-corrected chi connectivity index (χ0v) is 17.3. The van der Waals surface area contributed by atoms with Crippen LogP contribution in [-0.2, 0) is 0 Å². The smallest absolute Gasteiger partial charge is 0.268 e. The van der Waals surface area contributed by atoms with Crippen molar-refractivity contribution in [3.05, 3.63) is 40.0 Å². The zero-order chi connectivity index (χ0) is 19.4. The molecule has 0 spiro atoms. The summed E-state index contributed by atoms with van der Waals surface area (Å²) in [5.41, 5.74) is 3.35. The Morgan fingerprint density at radius 2 is 2.00 bits per heavy atom. The number of nitrogens with zero attached hydrogens (tertiary/aromatic N) is 4. The number of thiophene rings is 1. The molecule has 1 fully saturated rings. The second-order valence-corrected chi connectivity index (χ2v) is 8.54. The molecule has 0 saturated carbocycles. The van der Waals surface area contributed by atoms with Crippen LogP contribution in [0.2, 0.25) is 0 Å². The third-order valence-corrected chi connectivity index (χ3v) is 6.78. The van der Waals surface area contributed by atoms with Crippen molar-refractivity contribution >= 4 is 47.7 Å². The summed E-state index contributed by atoms with van der Waals surface area (Å²) in [5, 5.41) is 12.6. The van der Waals surface area contributed by atoms with E-state index in [2.05, 4.69) is 48.3 Å². The van der Waals surface area contributed by atoms with Gasteiger partial charge in [0, 0.05) is 31.9 Å². The van der Waals surface area contributed by atoms with E-state index in [-0.39, 0.29) is 16.9 Å². The van der Waals surface area contributed by atoms with Crippen LogP contribution < -0.4 is 10.5 Å². The number of likely N-dealkylation sites (N-methyl/N-ethyl adjacent to an activating group) is 1. The van der Waals surface area contributed by atoms with Crippen LogP contribution in [-0.4, -0.2) is 57.5 Å². The molecule has 1 saturated heterocycles. The molecule has 1 aliphatic heterocycles. The van der Waals surface area contributed by atoms with Gasteiger partial charge in [0.2, 0.25) is 0 Å². The number of anilines is 1. The highest BCUT2D eigenvalue weighted by atomic mass is 32.1. The zero-order valence-electron chi connectivity index (χ0n) is 15.3. The van der Waals surface area contributed by atoms with Crippen molar-refractivity contribution < 1.29 is 5.11 Å². The van der Waals surface area contributed by atoms with E-state index in [0.717, 1.165) is 42.9 Å². The normalized spacial score (nSPS) is 15.7. The minimum atomic E-state index is -0.299.